The molecule has 13 heavy (non-hydrogen) atoms. The van der Waals surface area contributed by atoms with E-state index < -0.39 is 0 Å². The molecule has 0 aromatic carbocycles. The molecule has 0 saturated heterocycles. The maximum Gasteiger partial charge on any atom is 0.330 e. The van der Waals surface area contributed by atoms with Crippen molar-refractivity contribution in [2.75, 3.05) is 20.7 Å². The minimum Gasteiger partial charge on any atom is -0.467 e. The average molecular weight is 185 g/mol. The van der Waals surface area contributed by atoms with Gasteiger partial charge in [-0.3, -0.25) is 4.99 Å². The van der Waals surface area contributed by atoms with Gasteiger partial charge < -0.3 is 15.4 Å². The fourth-order valence-corrected chi connectivity index (χ4v) is 1.13. The van der Waals surface area contributed by atoms with E-state index in [1.54, 1.807) is 0 Å². The molecule has 74 valence electrons. The molecule has 0 fully saturated rings. The van der Waals surface area contributed by atoms with E-state index >= 15 is 0 Å². The van der Waals surface area contributed by atoms with Gasteiger partial charge in [0, 0.05) is 0 Å². The van der Waals surface area contributed by atoms with Crippen LogP contribution >= 0.6 is 0 Å². The summed E-state index contributed by atoms with van der Waals surface area (Å²) in [6, 6.07) is -0.162. The van der Waals surface area contributed by atoms with Crippen LogP contribution in [0, 0.1) is 0 Å². The van der Waals surface area contributed by atoms with Crippen LogP contribution < -0.4 is 10.6 Å². The molecule has 1 aliphatic heterocycles. The van der Waals surface area contributed by atoms with E-state index in [-0.39, 0.29) is 18.1 Å². The summed E-state index contributed by atoms with van der Waals surface area (Å²) < 4.78 is 4.60. The molecule has 5 nitrogen and oxygen atoms in total. The second-order valence-corrected chi connectivity index (χ2v) is 2.96. The summed E-state index contributed by atoms with van der Waals surface area (Å²) in [5, 5.41) is 6.04. The molecule has 1 aliphatic rings. The molecule has 2 N–H and O–H groups in total. The molecule has 2 atom stereocenters. The lowest BCUT2D eigenvalue weighted by Gasteiger charge is -2.13. The molecule has 0 bridgehead atoms. The number of esters is 1. The zero-order valence-corrected chi connectivity index (χ0v) is 8.13. The van der Waals surface area contributed by atoms with Crippen molar-refractivity contribution >= 4 is 11.8 Å². The molecule has 1 heterocycles. The minimum atomic E-state index is -0.309. The first-order valence-corrected chi connectivity index (χ1v) is 4.25. The zero-order valence-electron chi connectivity index (χ0n) is 8.13. The van der Waals surface area contributed by atoms with Crippen LogP contribution in [0.4, 0.5) is 0 Å². The van der Waals surface area contributed by atoms with Crippen LogP contribution in [0.5, 0.6) is 0 Å². The summed E-state index contributed by atoms with van der Waals surface area (Å²) >= 11 is 0. The van der Waals surface area contributed by atoms with Crippen molar-refractivity contribution < 1.29 is 9.53 Å². The number of carbonyl (C=O) groups excluding carboxylic acids is 1. The van der Waals surface area contributed by atoms with Gasteiger partial charge >= 0.3 is 5.97 Å². The van der Waals surface area contributed by atoms with Gasteiger partial charge in [-0.2, -0.15) is 0 Å². The van der Waals surface area contributed by atoms with E-state index in [0.717, 1.165) is 5.84 Å². The summed E-state index contributed by atoms with van der Waals surface area (Å²) in [5.41, 5.74) is 0. The minimum absolute atomic E-state index is 0.148. The van der Waals surface area contributed by atoms with Gasteiger partial charge in [-0.15, -0.1) is 0 Å². The third kappa shape index (κ3) is 2.18. The second kappa shape index (κ2) is 4.23. The normalized spacial score (nSPS) is 23.3. The number of hydrogen-bond donors (Lipinski definition) is 2. The van der Waals surface area contributed by atoms with E-state index in [2.05, 4.69) is 20.4 Å². The molecule has 0 aromatic heterocycles. The van der Waals surface area contributed by atoms with Crippen LogP contribution in [0.15, 0.2) is 4.99 Å². The number of likely N-dealkylation sites (N-methyl/N-ethyl adjacent to an activating group) is 1. The Morgan fingerprint density at radius 3 is 3.08 bits per heavy atom. The molecule has 2 unspecified atom stereocenters. The number of nitrogens with one attached hydrogen (secondary N) is 2. The van der Waals surface area contributed by atoms with Crippen molar-refractivity contribution in [3.05, 3.63) is 0 Å². The predicted molar refractivity (Wildman–Crippen MR) is 49.8 cm³/mol. The Bertz CT molecular complexity index is 227. The number of ether oxygens (including phenoxy) is 1. The van der Waals surface area contributed by atoms with Gasteiger partial charge in [0.1, 0.15) is 11.9 Å². The lowest BCUT2D eigenvalue weighted by molar-refractivity contribution is -0.142. The second-order valence-electron chi connectivity index (χ2n) is 2.96. The first-order valence-electron chi connectivity index (χ1n) is 4.25. The molecule has 0 saturated carbocycles. The highest BCUT2D eigenvalue weighted by atomic mass is 16.5. The van der Waals surface area contributed by atoms with Crippen molar-refractivity contribution in [2.45, 2.75) is 19.0 Å². The molecule has 0 aliphatic carbocycles. The number of methoxy groups -OCH3 is 1. The number of amidine groups is 1. The number of carbonyl (C=O) groups is 1. The van der Waals surface area contributed by atoms with Crippen molar-refractivity contribution in [3.8, 4) is 0 Å². The van der Waals surface area contributed by atoms with E-state index in [9.17, 15) is 4.79 Å². The molecule has 0 spiro atoms. The highest BCUT2D eigenvalue weighted by Crippen LogP contribution is 2.00. The SMILES string of the molecule is CNC(C)C1=NCC(C(=O)OC)N1. The third-order valence-corrected chi connectivity index (χ3v) is 2.10. The molecule has 5 heteroatoms. The van der Waals surface area contributed by atoms with Gasteiger partial charge in [-0.1, -0.05) is 0 Å². The Kier molecular flexibility index (Phi) is 3.25. The summed E-state index contributed by atoms with van der Waals surface area (Å²) in [7, 11) is 3.23. The van der Waals surface area contributed by atoms with Gasteiger partial charge in [-0.05, 0) is 14.0 Å². The van der Waals surface area contributed by atoms with Crippen molar-refractivity contribution in [1.82, 2.24) is 10.6 Å². The lowest BCUT2D eigenvalue weighted by Crippen LogP contribution is -2.44. The lowest BCUT2D eigenvalue weighted by atomic mass is 10.3. The van der Waals surface area contributed by atoms with Crippen LogP contribution in [0.1, 0.15) is 6.92 Å². The maximum absolute atomic E-state index is 11.1. The zero-order chi connectivity index (χ0) is 9.84. The van der Waals surface area contributed by atoms with E-state index in [1.165, 1.54) is 7.11 Å². The summed E-state index contributed by atoms with van der Waals surface area (Å²) in [4.78, 5) is 15.3. The third-order valence-electron chi connectivity index (χ3n) is 2.10. The monoisotopic (exact) mass is 185 g/mol. The Balaban J connectivity index is 2.46. The molecule has 0 radical (unpaired) electrons. The topological polar surface area (TPSA) is 62.7 Å². The van der Waals surface area contributed by atoms with Gasteiger partial charge in [0.25, 0.3) is 0 Å². The summed E-state index contributed by atoms with van der Waals surface area (Å²) in [6.45, 7) is 2.44. The first kappa shape index (κ1) is 9.98. The van der Waals surface area contributed by atoms with E-state index in [4.69, 9.17) is 0 Å². The Morgan fingerprint density at radius 2 is 2.54 bits per heavy atom. The highest BCUT2D eigenvalue weighted by Gasteiger charge is 2.26. The van der Waals surface area contributed by atoms with Crippen molar-refractivity contribution in [2.24, 2.45) is 4.99 Å². The standard InChI is InChI=1S/C8H15N3O2/c1-5(9-2)7-10-4-6(11-7)8(12)13-3/h5-6,9H,4H2,1-3H3,(H,10,11). The maximum atomic E-state index is 11.1. The van der Waals surface area contributed by atoms with Crippen LogP contribution in [-0.4, -0.2) is 44.6 Å². The van der Waals surface area contributed by atoms with E-state index in [0.29, 0.717) is 6.54 Å². The Labute approximate surface area is 77.6 Å². The van der Waals surface area contributed by atoms with Crippen LogP contribution in [0.3, 0.4) is 0 Å². The van der Waals surface area contributed by atoms with Gasteiger partial charge in [0.15, 0.2) is 0 Å². The number of hydrogen-bond acceptors (Lipinski definition) is 5. The fraction of sp³-hybridized carbons (Fsp3) is 0.750. The quantitative estimate of drug-likeness (QED) is 0.561. The smallest absolute Gasteiger partial charge is 0.330 e. The van der Waals surface area contributed by atoms with E-state index in [1.807, 2.05) is 14.0 Å². The molecule has 0 amide bonds. The van der Waals surface area contributed by atoms with Crippen LogP contribution in [-0.2, 0) is 9.53 Å². The molecule has 0 aromatic rings. The first-order chi connectivity index (χ1) is 6.19. The fourth-order valence-electron chi connectivity index (χ4n) is 1.13. The Hall–Kier alpha value is -1.10. The molecule has 1 rings (SSSR count). The molecular formula is C8H15N3O2. The average Bonchev–Trinajstić information content (AvgIpc) is 2.64. The number of rotatable bonds is 3. The van der Waals surface area contributed by atoms with Crippen LogP contribution in [0.25, 0.3) is 0 Å². The highest BCUT2D eigenvalue weighted by molar-refractivity contribution is 5.93. The van der Waals surface area contributed by atoms with Gasteiger partial charge in [-0.25, -0.2) is 4.79 Å². The van der Waals surface area contributed by atoms with Crippen molar-refractivity contribution in [3.63, 3.8) is 0 Å². The number of aliphatic imine (C=N–C) groups is 1. The van der Waals surface area contributed by atoms with Crippen molar-refractivity contribution in [1.29, 1.82) is 0 Å². The summed E-state index contributed by atoms with van der Waals surface area (Å²) in [5.74, 6) is 0.556. The molecular weight excluding hydrogens is 170 g/mol. The summed E-state index contributed by atoms with van der Waals surface area (Å²) in [6.07, 6.45) is 0. The van der Waals surface area contributed by atoms with Gasteiger partial charge in [0.05, 0.1) is 19.7 Å². The Morgan fingerprint density at radius 1 is 1.85 bits per heavy atom. The van der Waals surface area contributed by atoms with Gasteiger partial charge in [0.2, 0.25) is 0 Å². The number of nitrogens with zero attached hydrogens (tertiary/aromatic N) is 1. The van der Waals surface area contributed by atoms with Crippen LogP contribution in [0.2, 0.25) is 0 Å². The predicted octanol–water partition coefficient (Wildman–Crippen LogP) is -0.862. The largest absolute Gasteiger partial charge is 0.467 e.